The van der Waals surface area contributed by atoms with E-state index in [1.807, 2.05) is 31.2 Å². The minimum Gasteiger partial charge on any atom is -0.332 e. The van der Waals surface area contributed by atoms with Crippen molar-refractivity contribution in [2.75, 3.05) is 5.32 Å². The van der Waals surface area contributed by atoms with Crippen molar-refractivity contribution in [2.45, 2.75) is 27.7 Å². The van der Waals surface area contributed by atoms with Crippen LogP contribution < -0.4 is 10.9 Å². The molecule has 0 radical (unpaired) electrons. The molecule has 0 bridgehead atoms. The molecule has 0 aliphatic carbocycles. The maximum absolute atomic E-state index is 12.2. The van der Waals surface area contributed by atoms with E-state index in [4.69, 9.17) is 0 Å². The third-order valence-corrected chi connectivity index (χ3v) is 3.80. The molecule has 0 atom stereocenters. The molecule has 0 fully saturated rings. The number of aryl methyl sites for hydroxylation is 1. The van der Waals surface area contributed by atoms with Gasteiger partial charge in [0.25, 0.3) is 5.56 Å². The lowest BCUT2D eigenvalue weighted by Gasteiger charge is -2.16. The number of nitrogens with one attached hydrogen (secondary N) is 3. The number of aromatic amines is 2. The van der Waals surface area contributed by atoms with Crippen LogP contribution in [0.1, 0.15) is 37.6 Å². The summed E-state index contributed by atoms with van der Waals surface area (Å²) in [5, 5.41) is 3.02. The van der Waals surface area contributed by atoms with Crippen molar-refractivity contribution in [2.24, 2.45) is 5.41 Å². The first-order valence-corrected chi connectivity index (χ1v) is 8.25. The molecule has 0 spiro atoms. The number of benzene rings is 1. The Kier molecular flexibility index (Phi) is 4.39. The number of rotatable bonds is 1. The van der Waals surface area contributed by atoms with Gasteiger partial charge in [-0.3, -0.25) is 19.9 Å². The number of aromatic nitrogens is 3. The van der Waals surface area contributed by atoms with Crippen LogP contribution in [-0.2, 0) is 4.79 Å². The predicted molar refractivity (Wildman–Crippen MR) is 102 cm³/mol. The number of anilines is 1. The molecule has 132 valence electrons. The van der Waals surface area contributed by atoms with Crippen molar-refractivity contribution < 1.29 is 4.79 Å². The van der Waals surface area contributed by atoms with Gasteiger partial charge in [-0.05, 0) is 31.0 Å². The van der Waals surface area contributed by atoms with Gasteiger partial charge in [0.1, 0.15) is 5.65 Å². The largest absolute Gasteiger partial charge is 0.332 e. The van der Waals surface area contributed by atoms with Gasteiger partial charge in [0, 0.05) is 11.0 Å². The second-order valence-corrected chi connectivity index (χ2v) is 7.18. The molecule has 2 heterocycles. The van der Waals surface area contributed by atoms with E-state index in [2.05, 4.69) is 32.1 Å². The molecule has 26 heavy (non-hydrogen) atoms. The molecule has 1 aromatic carbocycles. The fourth-order valence-electron chi connectivity index (χ4n) is 2.22. The van der Waals surface area contributed by atoms with Gasteiger partial charge in [0.2, 0.25) is 11.9 Å². The molecular weight excluding hydrogens is 328 g/mol. The fraction of sp³-hybridized carbons (Fsp3) is 0.250. The van der Waals surface area contributed by atoms with E-state index in [0.29, 0.717) is 16.7 Å². The Morgan fingerprint density at radius 3 is 2.46 bits per heavy atom. The van der Waals surface area contributed by atoms with Gasteiger partial charge in [0.05, 0.1) is 11.1 Å². The Balaban J connectivity index is 1.92. The third-order valence-electron chi connectivity index (χ3n) is 3.80. The molecule has 0 aliphatic rings. The second-order valence-electron chi connectivity index (χ2n) is 7.18. The van der Waals surface area contributed by atoms with E-state index in [1.54, 1.807) is 26.8 Å². The lowest BCUT2D eigenvalue weighted by molar-refractivity contribution is -0.123. The summed E-state index contributed by atoms with van der Waals surface area (Å²) < 4.78 is 0. The van der Waals surface area contributed by atoms with Crippen LogP contribution in [0.4, 0.5) is 5.95 Å². The molecule has 1 amide bonds. The van der Waals surface area contributed by atoms with E-state index < -0.39 is 5.41 Å². The number of hydrogen-bond donors (Lipinski definition) is 3. The number of fused-ring (bicyclic) bond motifs is 1. The summed E-state index contributed by atoms with van der Waals surface area (Å²) in [6.07, 6.45) is 0. The van der Waals surface area contributed by atoms with Gasteiger partial charge in [-0.2, -0.15) is 4.98 Å². The number of carbonyl (C=O) groups excluding carboxylic acids is 1. The Morgan fingerprint density at radius 2 is 1.81 bits per heavy atom. The summed E-state index contributed by atoms with van der Waals surface area (Å²) in [6, 6.07) is 9.52. The van der Waals surface area contributed by atoms with E-state index in [1.165, 1.54) is 5.56 Å². The molecule has 3 aromatic rings. The normalized spacial score (nSPS) is 11.1. The lowest BCUT2D eigenvalue weighted by Crippen LogP contribution is -2.29. The molecular formula is C20H20N4O2. The molecule has 3 N–H and O–H groups in total. The average molecular weight is 348 g/mol. The summed E-state index contributed by atoms with van der Waals surface area (Å²) in [5.74, 6) is 5.92. The van der Waals surface area contributed by atoms with Gasteiger partial charge in [-0.25, -0.2) is 0 Å². The van der Waals surface area contributed by atoms with Crippen LogP contribution >= 0.6 is 0 Å². The van der Waals surface area contributed by atoms with Gasteiger partial charge in [-0.15, -0.1) is 0 Å². The zero-order valence-corrected chi connectivity index (χ0v) is 15.2. The van der Waals surface area contributed by atoms with Crippen LogP contribution in [0.3, 0.4) is 0 Å². The highest BCUT2D eigenvalue weighted by Crippen LogP contribution is 2.16. The van der Waals surface area contributed by atoms with Crippen LogP contribution in [0.15, 0.2) is 35.1 Å². The Bertz CT molecular complexity index is 1090. The standard InChI is InChI=1S/C20H20N4O2/c1-12-5-7-13(8-6-12)9-10-14-11-15-16(21-14)22-19(23-17(15)25)24-18(26)20(2,3)4/h5-8,11H,1-4H3,(H3,21,22,23,24,25,26). The van der Waals surface area contributed by atoms with Crippen LogP contribution in [0.5, 0.6) is 0 Å². The summed E-state index contributed by atoms with van der Waals surface area (Å²) in [6.45, 7) is 7.37. The molecule has 2 aromatic heterocycles. The summed E-state index contributed by atoms with van der Waals surface area (Å²) >= 11 is 0. The zero-order chi connectivity index (χ0) is 18.9. The van der Waals surface area contributed by atoms with Crippen molar-refractivity contribution in [1.29, 1.82) is 0 Å². The minimum absolute atomic E-state index is 0.113. The first-order chi connectivity index (χ1) is 12.2. The Labute approximate surface area is 151 Å². The first kappa shape index (κ1) is 17.5. The number of amides is 1. The van der Waals surface area contributed by atoms with E-state index in [0.717, 1.165) is 5.56 Å². The number of carbonyl (C=O) groups is 1. The molecule has 0 saturated carbocycles. The monoisotopic (exact) mass is 348 g/mol. The van der Waals surface area contributed by atoms with E-state index in [9.17, 15) is 9.59 Å². The molecule has 0 aliphatic heterocycles. The first-order valence-electron chi connectivity index (χ1n) is 8.25. The lowest BCUT2D eigenvalue weighted by atomic mass is 9.96. The highest BCUT2D eigenvalue weighted by Gasteiger charge is 2.22. The van der Waals surface area contributed by atoms with Crippen molar-refractivity contribution in [3.63, 3.8) is 0 Å². The van der Waals surface area contributed by atoms with Crippen LogP contribution in [0, 0.1) is 24.2 Å². The molecule has 0 saturated heterocycles. The van der Waals surface area contributed by atoms with Crippen molar-refractivity contribution >= 4 is 22.9 Å². The van der Waals surface area contributed by atoms with E-state index in [-0.39, 0.29) is 17.4 Å². The summed E-state index contributed by atoms with van der Waals surface area (Å²) in [7, 11) is 0. The minimum atomic E-state index is -0.589. The Hall–Kier alpha value is -3.33. The van der Waals surface area contributed by atoms with E-state index >= 15 is 0 Å². The molecule has 0 unspecified atom stereocenters. The van der Waals surface area contributed by atoms with Crippen LogP contribution in [-0.4, -0.2) is 20.9 Å². The van der Waals surface area contributed by atoms with Gasteiger partial charge < -0.3 is 4.98 Å². The maximum Gasteiger partial charge on any atom is 0.261 e. The summed E-state index contributed by atoms with van der Waals surface area (Å²) in [4.78, 5) is 34.2. The zero-order valence-electron chi connectivity index (χ0n) is 15.2. The number of H-pyrrole nitrogens is 2. The van der Waals surface area contributed by atoms with Crippen LogP contribution in [0.25, 0.3) is 11.0 Å². The maximum atomic E-state index is 12.2. The van der Waals surface area contributed by atoms with Gasteiger partial charge in [-0.1, -0.05) is 44.4 Å². The van der Waals surface area contributed by atoms with Gasteiger partial charge in [0.15, 0.2) is 0 Å². The van der Waals surface area contributed by atoms with Crippen LogP contribution in [0.2, 0.25) is 0 Å². The molecule has 3 rings (SSSR count). The average Bonchev–Trinajstić information content (AvgIpc) is 2.97. The SMILES string of the molecule is Cc1ccc(C#Cc2cc3c(=O)[nH]c(NC(=O)C(C)(C)C)nc3[nH]2)cc1. The fourth-order valence-corrected chi connectivity index (χ4v) is 2.22. The smallest absolute Gasteiger partial charge is 0.261 e. The quantitative estimate of drug-likeness (QED) is 0.591. The summed E-state index contributed by atoms with van der Waals surface area (Å²) in [5.41, 5.74) is 2.09. The predicted octanol–water partition coefficient (Wildman–Crippen LogP) is 2.94. The Morgan fingerprint density at radius 1 is 1.12 bits per heavy atom. The highest BCUT2D eigenvalue weighted by atomic mass is 16.2. The molecule has 6 nitrogen and oxygen atoms in total. The van der Waals surface area contributed by atoms with Crippen molar-refractivity contribution in [1.82, 2.24) is 15.0 Å². The third kappa shape index (κ3) is 3.83. The van der Waals surface area contributed by atoms with Gasteiger partial charge >= 0.3 is 0 Å². The molecule has 6 heteroatoms. The topological polar surface area (TPSA) is 90.6 Å². The van der Waals surface area contributed by atoms with Crippen molar-refractivity contribution in [3.8, 4) is 11.8 Å². The second kappa shape index (κ2) is 6.52. The number of nitrogens with zero attached hydrogens (tertiary/aromatic N) is 1. The number of hydrogen-bond acceptors (Lipinski definition) is 3. The highest BCUT2D eigenvalue weighted by molar-refractivity contribution is 5.93. The van der Waals surface area contributed by atoms with Crippen molar-refractivity contribution in [3.05, 3.63) is 57.5 Å².